The molecule has 10 heteroatoms. The molecule has 0 aromatic carbocycles. The maximum atomic E-state index is 10.1. The smallest absolute Gasteiger partial charge is 1.00 e. The summed E-state index contributed by atoms with van der Waals surface area (Å²) in [6.45, 7) is 20.4. The van der Waals surface area contributed by atoms with Crippen molar-refractivity contribution in [1.29, 1.82) is 0 Å². The number of rotatable bonds is 3. The normalized spacial score (nSPS) is 9.96. The minimum Gasteiger partial charge on any atom is -1.00 e. The van der Waals surface area contributed by atoms with Crippen molar-refractivity contribution in [3.05, 3.63) is 24.0 Å². The predicted molar refractivity (Wildman–Crippen MR) is 114 cm³/mol. The number of aliphatic carboxylic acids is 1. The summed E-state index contributed by atoms with van der Waals surface area (Å²) in [7, 11) is 0.361. The molecule has 0 amide bonds. The molecule has 1 aromatic rings. The van der Waals surface area contributed by atoms with Crippen LogP contribution < -0.4 is 17.5 Å². The van der Waals surface area contributed by atoms with Gasteiger partial charge in [0.25, 0.3) is 0 Å². The Labute approximate surface area is 178 Å². The largest absolute Gasteiger partial charge is 3.00 e. The molecule has 1 rings (SSSR count). The van der Waals surface area contributed by atoms with Crippen LogP contribution in [0.15, 0.2) is 12.5 Å². The zero-order chi connectivity index (χ0) is 19.0. The van der Waals surface area contributed by atoms with Gasteiger partial charge in [0.2, 0.25) is 0 Å². The summed E-state index contributed by atoms with van der Waals surface area (Å²) in [5.41, 5.74) is 7.63. The van der Waals surface area contributed by atoms with Crippen molar-refractivity contribution >= 4 is 29.7 Å². The molecule has 0 aliphatic carbocycles. The number of carboxylic acids is 1. The Morgan fingerprint density at radius 2 is 1.40 bits per heavy atom. The van der Waals surface area contributed by atoms with Crippen LogP contribution in [-0.2, 0) is 31.3 Å². The minimum absolute atomic E-state index is 0. The molecule has 1 heterocycles. The molecule has 1 unspecified atom stereocenters. The van der Waals surface area contributed by atoms with E-state index in [4.69, 9.17) is 5.73 Å². The number of H-pyrrole nitrogens is 1. The summed E-state index contributed by atoms with van der Waals surface area (Å²) in [4.78, 5) is 16.5. The molecule has 5 nitrogen and oxygen atoms in total. The number of hydrogen-bond donors (Lipinski definition) is 1. The van der Waals surface area contributed by atoms with Crippen LogP contribution in [0.1, 0.15) is 5.69 Å². The van der Waals surface area contributed by atoms with Gasteiger partial charge in [-0.15, -0.1) is 0 Å². The van der Waals surface area contributed by atoms with E-state index in [9.17, 15) is 9.90 Å². The number of nitrogens with one attached hydrogen (secondary N) is 2. The molecule has 25 heavy (non-hydrogen) atoms. The molecule has 1 aromatic heterocycles. The number of imidazole rings is 1. The van der Waals surface area contributed by atoms with E-state index >= 15 is 0 Å². The number of hydrogen-bond acceptors (Lipinski definition) is 3. The molecule has 0 saturated heterocycles. The number of halogens is 1. The van der Waals surface area contributed by atoms with Crippen molar-refractivity contribution in [2.75, 3.05) is 60.0 Å². The second kappa shape index (κ2) is 24.9. The van der Waals surface area contributed by atoms with Gasteiger partial charge in [0, 0.05) is 77.8 Å². The molecule has 0 spiro atoms. The maximum absolute atomic E-state index is 10.1. The van der Waals surface area contributed by atoms with Gasteiger partial charge in [0.05, 0.1) is 6.33 Å². The van der Waals surface area contributed by atoms with Crippen LogP contribution in [0.25, 0.3) is 5.73 Å². The first-order chi connectivity index (χ1) is 10.4. The number of carbonyl (C=O) groups is 1. The Bertz CT molecular complexity index is 348. The summed E-state index contributed by atoms with van der Waals surface area (Å²) in [6.07, 6.45) is 3.05. The fourth-order valence-electron chi connectivity index (χ4n) is 0.700. The average Bonchev–Trinajstić information content (AvgIpc) is 2.79. The first-order valence-corrected chi connectivity index (χ1v) is 16.6. The number of carbonyl (C=O) groups excluding carboxylic acids is 1. The Kier molecular flexibility index (Phi) is 36.5. The van der Waals surface area contributed by atoms with E-state index in [-0.39, 0.29) is 62.7 Å². The first kappa shape index (κ1) is 36.7. The van der Waals surface area contributed by atoms with E-state index in [0.29, 0.717) is 5.69 Å². The van der Waals surface area contributed by atoms with E-state index in [0.717, 1.165) is 0 Å². The average molecular weight is 612 g/mol. The van der Waals surface area contributed by atoms with Crippen molar-refractivity contribution in [1.82, 2.24) is 9.97 Å². The van der Waals surface area contributed by atoms with Crippen LogP contribution >= 0.6 is 23.8 Å². The van der Waals surface area contributed by atoms with Crippen molar-refractivity contribution in [3.63, 3.8) is 0 Å². The van der Waals surface area contributed by atoms with E-state index in [1.165, 1.54) is 12.5 Å². The zero-order valence-corrected chi connectivity index (χ0v) is 23.1. The molecule has 0 fully saturated rings. The van der Waals surface area contributed by atoms with E-state index in [2.05, 4.69) is 70.0 Å². The summed E-state index contributed by atoms with van der Waals surface area (Å²) in [6, 6.07) is -1.21. The van der Waals surface area contributed by atoms with Gasteiger partial charge in [-0.2, -0.15) is 0 Å². The van der Waals surface area contributed by atoms with E-state index in [1.807, 2.05) is 0 Å². The van der Waals surface area contributed by atoms with E-state index < -0.39 is 12.0 Å². The van der Waals surface area contributed by atoms with Gasteiger partial charge < -0.3 is 33.0 Å². The third-order valence-corrected chi connectivity index (χ3v) is 1.26. The summed E-state index contributed by atoms with van der Waals surface area (Å²) in [5, 5.41) is 10.1. The van der Waals surface area contributed by atoms with Crippen LogP contribution in [0, 0.1) is 0 Å². The molecular formula is C15H37ClIrN3O2P3+3. The van der Waals surface area contributed by atoms with Gasteiger partial charge in [-0.1, -0.05) is 6.04 Å². The second-order valence-electron chi connectivity index (χ2n) is 6.65. The van der Waals surface area contributed by atoms with Gasteiger partial charge in [-0.05, 0) is 30.2 Å². The Morgan fingerprint density at radius 3 is 1.60 bits per heavy atom. The van der Waals surface area contributed by atoms with Crippen molar-refractivity contribution in [2.24, 2.45) is 0 Å². The summed E-state index contributed by atoms with van der Waals surface area (Å²) in [5.74, 6) is -1.36. The quantitative estimate of drug-likeness (QED) is 0.463. The van der Waals surface area contributed by atoms with Crippen LogP contribution in [0.4, 0.5) is 0 Å². The van der Waals surface area contributed by atoms with Gasteiger partial charge in [0.15, 0.2) is 0 Å². The summed E-state index contributed by atoms with van der Waals surface area (Å²) < 4.78 is 0. The standard InChI is InChI=1S/C6H8N3O2.3C3H9P.ClH.Ir/c7-5(6(10)11)1-4-2-8-3-9-4;3*1-4(2)3;;/h2-3,5,7H,1H2,(H,8,9)(H,10,11);3*1-3H3;1H;/q-1;;;;;+3/p+1. The van der Waals surface area contributed by atoms with E-state index in [1.54, 1.807) is 0 Å². The monoisotopic (exact) mass is 612 g/mol. The number of aromatic amines is 1. The Balaban J connectivity index is -0.0000000810. The number of aromatic nitrogens is 2. The SMILES string of the molecule is C[PH+](C)C.C[PH+](C)C.C[PH+](C)C.[Cl-].[Ir+3].[NH-]C(Cc1cnc[nH]1)C(=O)[O-]. The van der Waals surface area contributed by atoms with Gasteiger partial charge in [0.1, 0.15) is 0 Å². The molecule has 152 valence electrons. The molecular weight excluding hydrogens is 575 g/mol. The molecule has 0 aliphatic rings. The van der Waals surface area contributed by atoms with Gasteiger partial charge >= 0.3 is 20.1 Å². The second-order valence-corrected chi connectivity index (χ2v) is 15.7. The Morgan fingerprint density at radius 1 is 1.08 bits per heavy atom. The maximum Gasteiger partial charge on any atom is 3.00 e. The molecule has 1 atom stereocenters. The fourth-order valence-corrected chi connectivity index (χ4v) is 0.700. The number of carboxylic acid groups (broad SMARTS) is 1. The van der Waals surface area contributed by atoms with Crippen LogP contribution in [0.2, 0.25) is 0 Å². The minimum atomic E-state index is -1.36. The van der Waals surface area contributed by atoms with Crippen LogP contribution in [-0.4, -0.2) is 82.0 Å². The molecule has 0 saturated carbocycles. The molecule has 2 N–H and O–H groups in total. The third kappa shape index (κ3) is 51.6. The van der Waals surface area contributed by atoms with Gasteiger partial charge in [-0.3, -0.25) is 0 Å². The van der Waals surface area contributed by atoms with Crippen LogP contribution in [0.3, 0.4) is 0 Å². The topological polar surface area (TPSA) is 92.6 Å². The fraction of sp³-hybridized carbons (Fsp3) is 0.733. The molecule has 0 bridgehead atoms. The van der Waals surface area contributed by atoms with Crippen molar-refractivity contribution in [3.8, 4) is 0 Å². The van der Waals surface area contributed by atoms with Gasteiger partial charge in [-0.25, -0.2) is 4.98 Å². The molecule has 0 radical (unpaired) electrons. The predicted octanol–water partition coefficient (Wildman–Crippen LogP) is -0.606. The number of nitrogens with zero attached hydrogens (tertiary/aromatic N) is 1. The van der Waals surface area contributed by atoms with Crippen molar-refractivity contribution in [2.45, 2.75) is 12.5 Å². The molecule has 0 aliphatic heterocycles. The first-order valence-electron chi connectivity index (χ1n) is 7.59. The van der Waals surface area contributed by atoms with Crippen molar-refractivity contribution < 1.29 is 42.4 Å². The van der Waals surface area contributed by atoms with Crippen LogP contribution in [0.5, 0.6) is 0 Å². The third-order valence-electron chi connectivity index (χ3n) is 1.26. The summed E-state index contributed by atoms with van der Waals surface area (Å²) >= 11 is 0. The zero-order valence-electron chi connectivity index (χ0n) is 16.9. The Hall–Kier alpha value is 0.869.